The van der Waals surface area contributed by atoms with E-state index in [1.807, 2.05) is 28.9 Å². The van der Waals surface area contributed by atoms with E-state index >= 15 is 0 Å². The van der Waals surface area contributed by atoms with E-state index in [0.717, 1.165) is 28.7 Å². The molecule has 2 aromatic heterocycles. The smallest absolute Gasteiger partial charge is 0.138 e. The summed E-state index contributed by atoms with van der Waals surface area (Å²) in [4.78, 5) is 4.43. The fourth-order valence-electron chi connectivity index (χ4n) is 1.39. The Morgan fingerprint density at radius 3 is 3.14 bits per heavy atom. The Kier molecular flexibility index (Phi) is 2.84. The quantitative estimate of drug-likeness (QED) is 0.911. The van der Waals surface area contributed by atoms with Crippen molar-refractivity contribution < 1.29 is 5.11 Å². The van der Waals surface area contributed by atoms with Gasteiger partial charge in [-0.3, -0.25) is 0 Å². The van der Waals surface area contributed by atoms with Crippen LogP contribution < -0.4 is 0 Å². The summed E-state index contributed by atoms with van der Waals surface area (Å²) in [5.41, 5.74) is 1.96. The zero-order valence-electron chi connectivity index (χ0n) is 7.65. The molecule has 0 fully saturated rings. The van der Waals surface area contributed by atoms with Crippen molar-refractivity contribution in [3.8, 4) is 0 Å². The maximum Gasteiger partial charge on any atom is 0.138 e. The average molecular weight is 255 g/mol. The van der Waals surface area contributed by atoms with Crippen molar-refractivity contribution in [3.63, 3.8) is 0 Å². The van der Waals surface area contributed by atoms with Gasteiger partial charge in [0.1, 0.15) is 5.65 Å². The van der Waals surface area contributed by atoms with E-state index < -0.39 is 0 Å². The second-order valence-electron chi connectivity index (χ2n) is 3.17. The minimum absolute atomic E-state index is 0.220. The van der Waals surface area contributed by atoms with Crippen molar-refractivity contribution in [2.75, 3.05) is 6.61 Å². The standard InChI is InChI=1S/C10H11BrN2O/c11-8-3-4-13-7-9(2-1-5-14)12-10(13)6-8/h3-4,6-7,14H,1-2,5H2. The third-order valence-electron chi connectivity index (χ3n) is 2.06. The van der Waals surface area contributed by atoms with Gasteiger partial charge in [0.25, 0.3) is 0 Å². The first-order chi connectivity index (χ1) is 6.79. The van der Waals surface area contributed by atoms with Gasteiger partial charge in [0.05, 0.1) is 5.69 Å². The predicted molar refractivity (Wildman–Crippen MR) is 58.3 cm³/mol. The highest BCUT2D eigenvalue weighted by Crippen LogP contribution is 2.13. The normalized spacial score (nSPS) is 11.0. The number of pyridine rings is 1. The summed E-state index contributed by atoms with van der Waals surface area (Å²) in [6.07, 6.45) is 5.56. The largest absolute Gasteiger partial charge is 0.396 e. The van der Waals surface area contributed by atoms with Gasteiger partial charge in [0.15, 0.2) is 0 Å². The zero-order valence-corrected chi connectivity index (χ0v) is 9.24. The van der Waals surface area contributed by atoms with Gasteiger partial charge in [-0.2, -0.15) is 0 Å². The van der Waals surface area contributed by atoms with Crippen LogP contribution in [0.25, 0.3) is 5.65 Å². The highest BCUT2D eigenvalue weighted by atomic mass is 79.9. The van der Waals surface area contributed by atoms with Crippen molar-refractivity contribution in [1.82, 2.24) is 9.38 Å². The predicted octanol–water partition coefficient (Wildman–Crippen LogP) is 2.02. The Morgan fingerprint density at radius 2 is 2.36 bits per heavy atom. The van der Waals surface area contributed by atoms with Crippen LogP contribution in [0.1, 0.15) is 12.1 Å². The number of hydrogen-bond donors (Lipinski definition) is 1. The first-order valence-electron chi connectivity index (χ1n) is 4.53. The van der Waals surface area contributed by atoms with Gasteiger partial charge in [0, 0.05) is 23.5 Å². The lowest BCUT2D eigenvalue weighted by Crippen LogP contribution is -1.88. The van der Waals surface area contributed by atoms with Crippen LogP contribution in [0.3, 0.4) is 0 Å². The summed E-state index contributed by atoms with van der Waals surface area (Å²) in [5.74, 6) is 0. The van der Waals surface area contributed by atoms with Gasteiger partial charge in [-0.05, 0) is 25.0 Å². The number of halogens is 1. The summed E-state index contributed by atoms with van der Waals surface area (Å²) < 4.78 is 3.02. The number of fused-ring (bicyclic) bond motifs is 1. The molecule has 14 heavy (non-hydrogen) atoms. The Bertz CT molecular complexity index is 439. The Morgan fingerprint density at radius 1 is 1.50 bits per heavy atom. The van der Waals surface area contributed by atoms with Gasteiger partial charge >= 0.3 is 0 Å². The molecule has 0 atom stereocenters. The van der Waals surface area contributed by atoms with Crippen molar-refractivity contribution >= 4 is 21.6 Å². The zero-order chi connectivity index (χ0) is 9.97. The van der Waals surface area contributed by atoms with E-state index in [9.17, 15) is 0 Å². The van der Waals surface area contributed by atoms with E-state index in [2.05, 4.69) is 20.9 Å². The van der Waals surface area contributed by atoms with E-state index in [1.165, 1.54) is 0 Å². The van der Waals surface area contributed by atoms with Gasteiger partial charge in [-0.1, -0.05) is 15.9 Å². The summed E-state index contributed by atoms with van der Waals surface area (Å²) in [7, 11) is 0. The van der Waals surface area contributed by atoms with Crippen molar-refractivity contribution in [1.29, 1.82) is 0 Å². The molecule has 74 valence electrons. The monoisotopic (exact) mass is 254 g/mol. The third kappa shape index (κ3) is 1.96. The molecule has 0 unspecified atom stereocenters. The number of aryl methyl sites for hydroxylation is 1. The highest BCUT2D eigenvalue weighted by molar-refractivity contribution is 9.10. The molecule has 0 aliphatic heterocycles. The summed E-state index contributed by atoms with van der Waals surface area (Å²) in [6.45, 7) is 0.220. The Hall–Kier alpha value is -0.870. The molecule has 0 saturated heterocycles. The van der Waals surface area contributed by atoms with Crippen LogP contribution in [0.15, 0.2) is 29.0 Å². The molecule has 2 heterocycles. The van der Waals surface area contributed by atoms with E-state index in [0.29, 0.717) is 0 Å². The van der Waals surface area contributed by atoms with Crippen molar-refractivity contribution in [3.05, 3.63) is 34.7 Å². The van der Waals surface area contributed by atoms with Crippen molar-refractivity contribution in [2.45, 2.75) is 12.8 Å². The van der Waals surface area contributed by atoms with Gasteiger partial charge in [0.2, 0.25) is 0 Å². The van der Waals surface area contributed by atoms with Crippen LogP contribution in [0.4, 0.5) is 0 Å². The molecule has 1 N–H and O–H groups in total. The molecule has 0 saturated carbocycles. The molecule has 0 spiro atoms. The summed E-state index contributed by atoms with van der Waals surface area (Å²) in [6, 6.07) is 3.95. The molecule has 2 rings (SSSR count). The van der Waals surface area contributed by atoms with E-state index in [1.54, 1.807) is 0 Å². The van der Waals surface area contributed by atoms with Crippen LogP contribution in [-0.2, 0) is 6.42 Å². The van der Waals surface area contributed by atoms with Crippen LogP contribution in [-0.4, -0.2) is 21.1 Å². The topological polar surface area (TPSA) is 37.5 Å². The van der Waals surface area contributed by atoms with Crippen LogP contribution in [0.2, 0.25) is 0 Å². The fourth-order valence-corrected chi connectivity index (χ4v) is 1.71. The molecule has 0 aromatic carbocycles. The molecule has 3 nitrogen and oxygen atoms in total. The molecule has 4 heteroatoms. The van der Waals surface area contributed by atoms with Gasteiger partial charge < -0.3 is 9.51 Å². The number of imidazole rings is 1. The Labute approximate surface area is 90.5 Å². The lowest BCUT2D eigenvalue weighted by atomic mass is 10.3. The molecule has 0 bridgehead atoms. The van der Waals surface area contributed by atoms with E-state index in [4.69, 9.17) is 5.11 Å². The van der Waals surface area contributed by atoms with Gasteiger partial charge in [-0.25, -0.2) is 4.98 Å². The minimum atomic E-state index is 0.220. The maximum absolute atomic E-state index is 8.70. The van der Waals surface area contributed by atoms with Crippen molar-refractivity contribution in [2.24, 2.45) is 0 Å². The molecule has 0 aliphatic rings. The van der Waals surface area contributed by atoms with Crippen LogP contribution >= 0.6 is 15.9 Å². The summed E-state index contributed by atoms with van der Waals surface area (Å²) >= 11 is 3.40. The lowest BCUT2D eigenvalue weighted by molar-refractivity contribution is 0.288. The molecule has 0 radical (unpaired) electrons. The average Bonchev–Trinajstić information content (AvgIpc) is 2.56. The number of aromatic nitrogens is 2. The molecular weight excluding hydrogens is 244 g/mol. The number of aliphatic hydroxyl groups excluding tert-OH is 1. The number of rotatable bonds is 3. The first kappa shape index (κ1) is 9.68. The maximum atomic E-state index is 8.70. The molecule has 0 aliphatic carbocycles. The third-order valence-corrected chi connectivity index (χ3v) is 2.56. The number of nitrogens with zero attached hydrogens (tertiary/aromatic N) is 2. The fraction of sp³-hybridized carbons (Fsp3) is 0.300. The minimum Gasteiger partial charge on any atom is -0.396 e. The van der Waals surface area contributed by atoms with Crippen LogP contribution in [0.5, 0.6) is 0 Å². The molecule has 2 aromatic rings. The molecule has 0 amide bonds. The van der Waals surface area contributed by atoms with E-state index in [-0.39, 0.29) is 6.61 Å². The van der Waals surface area contributed by atoms with Gasteiger partial charge in [-0.15, -0.1) is 0 Å². The summed E-state index contributed by atoms with van der Waals surface area (Å²) in [5, 5.41) is 8.70. The second kappa shape index (κ2) is 4.11. The Balaban J connectivity index is 2.32. The lowest BCUT2D eigenvalue weighted by Gasteiger charge is -1.91. The highest BCUT2D eigenvalue weighted by Gasteiger charge is 2.01. The van der Waals surface area contributed by atoms with Crippen LogP contribution in [0, 0.1) is 0 Å². The molecular formula is C10H11BrN2O. The number of aliphatic hydroxyl groups is 1. The SMILES string of the molecule is OCCCc1cn2ccc(Br)cc2n1. The number of hydrogen-bond acceptors (Lipinski definition) is 2. The second-order valence-corrected chi connectivity index (χ2v) is 4.09. The first-order valence-corrected chi connectivity index (χ1v) is 5.33.